The fraction of sp³-hybridized carbons (Fsp3) is 0.133. The normalized spacial score (nSPS) is 14.3. The van der Waals surface area contributed by atoms with Crippen LogP contribution >= 0.6 is 0 Å². The lowest BCUT2D eigenvalue weighted by atomic mass is 9.33. The van der Waals surface area contributed by atoms with Gasteiger partial charge in [-0.3, -0.25) is 0 Å². The van der Waals surface area contributed by atoms with Gasteiger partial charge < -0.3 is 9.80 Å². The van der Waals surface area contributed by atoms with Gasteiger partial charge in [0.15, 0.2) is 0 Å². The molecular formula is C60H49BN2. The summed E-state index contributed by atoms with van der Waals surface area (Å²) in [5.41, 5.74) is 23.1. The molecule has 2 aliphatic heterocycles. The minimum Gasteiger partial charge on any atom is -0.311 e. The van der Waals surface area contributed by atoms with E-state index in [1.54, 1.807) is 0 Å². The third kappa shape index (κ3) is 6.40. The highest BCUT2D eigenvalue weighted by atomic mass is 15.2. The number of hydrogen-bond donors (Lipinski definition) is 0. The van der Waals surface area contributed by atoms with Gasteiger partial charge in [0.25, 0.3) is 6.71 Å². The van der Waals surface area contributed by atoms with E-state index in [0.29, 0.717) is 5.92 Å². The van der Waals surface area contributed by atoms with E-state index in [1.165, 1.54) is 143 Å². The molecule has 0 amide bonds. The molecule has 0 spiro atoms. The van der Waals surface area contributed by atoms with Crippen LogP contribution in [0.3, 0.4) is 0 Å². The van der Waals surface area contributed by atoms with E-state index in [0.717, 1.165) is 0 Å². The van der Waals surface area contributed by atoms with Crippen LogP contribution in [0.5, 0.6) is 0 Å². The Morgan fingerprint density at radius 3 is 1.60 bits per heavy atom. The van der Waals surface area contributed by atoms with Crippen molar-refractivity contribution in [1.82, 2.24) is 0 Å². The van der Waals surface area contributed by atoms with Gasteiger partial charge in [0.2, 0.25) is 0 Å². The van der Waals surface area contributed by atoms with Crippen molar-refractivity contribution in [2.75, 3.05) is 9.80 Å². The Kier molecular flexibility index (Phi) is 9.18. The van der Waals surface area contributed by atoms with E-state index < -0.39 is 0 Å². The van der Waals surface area contributed by atoms with Gasteiger partial charge in [-0.2, -0.15) is 0 Å². The average molecular weight is 809 g/mol. The number of rotatable bonds is 6. The smallest absolute Gasteiger partial charge is 0.252 e. The zero-order valence-corrected chi connectivity index (χ0v) is 36.1. The van der Waals surface area contributed by atoms with E-state index in [-0.39, 0.29) is 6.71 Å². The van der Waals surface area contributed by atoms with Gasteiger partial charge in [-0.25, -0.2) is 0 Å². The maximum absolute atomic E-state index is 2.60. The van der Waals surface area contributed by atoms with Gasteiger partial charge in [0.05, 0.1) is 0 Å². The molecule has 0 radical (unpaired) electrons. The first-order chi connectivity index (χ1) is 31.1. The highest BCUT2D eigenvalue weighted by Gasteiger charge is 2.44. The quantitative estimate of drug-likeness (QED) is 0.154. The van der Waals surface area contributed by atoms with Crippen LogP contribution in [-0.2, 0) is 0 Å². The first-order valence-corrected chi connectivity index (χ1v) is 22.9. The number of aryl methyl sites for hydroxylation is 2. The molecule has 1 saturated carbocycles. The Morgan fingerprint density at radius 1 is 0.397 bits per heavy atom. The Bertz CT molecular complexity index is 3160. The fourth-order valence-corrected chi connectivity index (χ4v) is 11.2. The number of benzene rings is 9. The third-order valence-electron chi connectivity index (χ3n) is 14.3. The molecule has 0 saturated heterocycles. The number of anilines is 6. The summed E-state index contributed by atoms with van der Waals surface area (Å²) in [6.45, 7) is 4.52. The molecule has 302 valence electrons. The summed E-state index contributed by atoms with van der Waals surface area (Å²) in [6.07, 6.45) is 6.38. The van der Waals surface area contributed by atoms with Crippen LogP contribution in [0, 0.1) is 13.8 Å². The molecule has 9 aromatic rings. The van der Waals surface area contributed by atoms with Crippen LogP contribution in [0.2, 0.25) is 0 Å². The zero-order valence-electron chi connectivity index (χ0n) is 36.1. The van der Waals surface area contributed by atoms with Crippen molar-refractivity contribution < 1.29 is 0 Å². The monoisotopic (exact) mass is 808 g/mol. The Hall–Kier alpha value is -7.10. The van der Waals surface area contributed by atoms with Crippen LogP contribution in [0.1, 0.15) is 54.7 Å². The molecule has 63 heavy (non-hydrogen) atoms. The van der Waals surface area contributed by atoms with Crippen LogP contribution in [0.15, 0.2) is 194 Å². The molecule has 0 bridgehead atoms. The summed E-state index contributed by atoms with van der Waals surface area (Å²) >= 11 is 0. The largest absolute Gasteiger partial charge is 0.311 e. The summed E-state index contributed by atoms with van der Waals surface area (Å²) < 4.78 is 0. The maximum atomic E-state index is 2.60. The van der Waals surface area contributed by atoms with Gasteiger partial charge >= 0.3 is 0 Å². The summed E-state index contributed by atoms with van der Waals surface area (Å²) in [7, 11) is 0. The third-order valence-corrected chi connectivity index (χ3v) is 14.3. The Morgan fingerprint density at radius 2 is 0.921 bits per heavy atom. The topological polar surface area (TPSA) is 6.48 Å². The van der Waals surface area contributed by atoms with Crippen LogP contribution in [0.4, 0.5) is 34.1 Å². The number of nitrogens with zero attached hydrogens (tertiary/aromatic N) is 2. The maximum Gasteiger partial charge on any atom is 0.252 e. The molecule has 0 aromatic heterocycles. The van der Waals surface area contributed by atoms with Crippen molar-refractivity contribution in [2.24, 2.45) is 0 Å². The van der Waals surface area contributed by atoms with Gasteiger partial charge in [-0.1, -0.05) is 159 Å². The predicted octanol–water partition coefficient (Wildman–Crippen LogP) is 14.6. The number of hydrogen-bond acceptors (Lipinski definition) is 2. The van der Waals surface area contributed by atoms with Gasteiger partial charge in [-0.05, 0) is 164 Å². The van der Waals surface area contributed by atoms with Crippen molar-refractivity contribution in [1.29, 1.82) is 0 Å². The van der Waals surface area contributed by atoms with E-state index in [4.69, 9.17) is 0 Å². The van der Waals surface area contributed by atoms with Crippen molar-refractivity contribution in [3.63, 3.8) is 0 Å². The molecule has 0 atom stereocenters. The molecule has 0 N–H and O–H groups in total. The van der Waals surface area contributed by atoms with E-state index >= 15 is 0 Å². The number of para-hydroxylation sites is 1. The lowest BCUT2D eigenvalue weighted by molar-refractivity contribution is 0.444. The first-order valence-electron chi connectivity index (χ1n) is 22.9. The Labute approximate surface area is 372 Å². The molecule has 0 unspecified atom stereocenters. The molecule has 12 rings (SSSR count). The van der Waals surface area contributed by atoms with Crippen molar-refractivity contribution >= 4 is 68.0 Å². The minimum absolute atomic E-state index is 0.00453. The van der Waals surface area contributed by atoms with E-state index in [2.05, 4.69) is 218 Å². The van der Waals surface area contributed by atoms with Crippen LogP contribution in [0.25, 0.3) is 44.2 Å². The van der Waals surface area contributed by atoms with Gasteiger partial charge in [-0.15, -0.1) is 0 Å². The average Bonchev–Trinajstić information content (AvgIpc) is 3.34. The van der Waals surface area contributed by atoms with Crippen LogP contribution < -0.4 is 26.2 Å². The molecular weight excluding hydrogens is 759 g/mol. The summed E-state index contributed by atoms with van der Waals surface area (Å²) in [4.78, 5) is 5.18. The van der Waals surface area contributed by atoms with Crippen molar-refractivity contribution in [3.8, 4) is 33.4 Å². The molecule has 3 aliphatic rings. The van der Waals surface area contributed by atoms with Crippen molar-refractivity contribution in [2.45, 2.75) is 51.9 Å². The summed E-state index contributed by atoms with van der Waals surface area (Å²) in [5, 5.41) is 2.52. The SMILES string of the molecule is Cc1cccc(C)c1-c1ccc2c(c1)B1c3cc(-c4ccc5ccccc5c4)ccc3N(c3ccccc3)c3cc(C4CCCCC4)cc(c31)N2c1ccc(-c2ccccc2)cc1. The molecule has 9 aromatic carbocycles. The molecule has 1 aliphatic carbocycles. The number of fused-ring (bicyclic) bond motifs is 5. The van der Waals surface area contributed by atoms with Crippen LogP contribution in [-0.4, -0.2) is 6.71 Å². The highest BCUT2D eigenvalue weighted by Crippen LogP contribution is 2.48. The predicted molar refractivity (Wildman–Crippen MR) is 270 cm³/mol. The molecule has 1 fully saturated rings. The van der Waals surface area contributed by atoms with E-state index in [9.17, 15) is 0 Å². The zero-order chi connectivity index (χ0) is 42.0. The van der Waals surface area contributed by atoms with E-state index in [1.807, 2.05) is 0 Å². The van der Waals surface area contributed by atoms with Gasteiger partial charge in [0, 0.05) is 34.1 Å². The summed E-state index contributed by atoms with van der Waals surface area (Å²) in [5.74, 6) is 0.531. The lowest BCUT2D eigenvalue weighted by Crippen LogP contribution is -2.61. The second kappa shape index (κ2) is 15.4. The second-order valence-corrected chi connectivity index (χ2v) is 18.0. The standard InChI is InChI=1S/C60H49BN2/c1-40-15-14-16-41(2)59(40)49-30-34-56-54(37-49)61-53-36-48(47-26-25-44-21-12-13-22-46(44)35-47)29-33-55(53)62(51-23-10-5-11-24-51)57-38-50(43-19-8-4-9-20-43)39-58(60(57)61)63(56)52-31-27-45(28-32-52)42-17-6-3-7-18-42/h3,5-7,10-18,21-39,43H,4,8-9,19-20H2,1-2H3. The molecule has 2 heterocycles. The van der Waals surface area contributed by atoms with Gasteiger partial charge in [0.1, 0.15) is 0 Å². The minimum atomic E-state index is 0.00453. The Balaban J connectivity index is 1.15. The highest BCUT2D eigenvalue weighted by molar-refractivity contribution is 7.00. The van der Waals surface area contributed by atoms with Crippen molar-refractivity contribution in [3.05, 3.63) is 211 Å². The second-order valence-electron chi connectivity index (χ2n) is 18.0. The lowest BCUT2D eigenvalue weighted by Gasteiger charge is -2.45. The molecule has 2 nitrogen and oxygen atoms in total. The fourth-order valence-electron chi connectivity index (χ4n) is 11.2. The molecule has 3 heteroatoms. The first kappa shape index (κ1) is 37.6. The summed E-state index contributed by atoms with van der Waals surface area (Å²) in [6, 6.07) is 73.3.